The number of rotatable bonds is 3. The summed E-state index contributed by atoms with van der Waals surface area (Å²) in [4.78, 5) is 18.5. The Hall–Kier alpha value is -1.39. The quantitative estimate of drug-likeness (QED) is 0.883. The van der Waals surface area contributed by atoms with Gasteiger partial charge in [0.25, 0.3) is 5.91 Å². The van der Waals surface area contributed by atoms with Gasteiger partial charge in [-0.2, -0.15) is 0 Å². The van der Waals surface area contributed by atoms with Crippen molar-refractivity contribution in [2.75, 3.05) is 0 Å². The number of aromatic nitrogens is 1. The second kappa shape index (κ2) is 5.31. The number of thiophene rings is 1. The fourth-order valence-corrected chi connectivity index (χ4v) is 3.67. The molecular weight excluding hydrogens is 280 g/mol. The number of nitrogens with zero attached hydrogens (tertiary/aromatic N) is 1. The largest absolute Gasteiger partial charge is 0.347 e. The number of nitrogens with one attached hydrogen (secondary N) is 1. The molecule has 1 N–H and O–H groups in total. The third-order valence-corrected chi connectivity index (χ3v) is 4.65. The van der Waals surface area contributed by atoms with Gasteiger partial charge in [0, 0.05) is 21.5 Å². The number of halogens is 1. The summed E-state index contributed by atoms with van der Waals surface area (Å²) in [5, 5.41) is 3.25. The molecule has 3 rings (SSSR count). The number of aryl methyl sites for hydroxylation is 2. The Morgan fingerprint density at radius 3 is 3.11 bits per heavy atom. The van der Waals surface area contributed by atoms with Crippen molar-refractivity contribution in [2.45, 2.75) is 25.8 Å². The molecule has 0 aliphatic heterocycles. The van der Waals surface area contributed by atoms with Crippen LogP contribution in [0.3, 0.4) is 0 Å². The molecular formula is C14H13ClN2OS. The normalized spacial score (nSPS) is 13.3. The number of carbonyl (C=O) groups is 1. The van der Waals surface area contributed by atoms with E-state index in [1.807, 2.05) is 11.3 Å². The fraction of sp³-hybridized carbons (Fsp3) is 0.286. The second-order valence-electron chi connectivity index (χ2n) is 4.56. The van der Waals surface area contributed by atoms with E-state index in [0.29, 0.717) is 17.3 Å². The summed E-state index contributed by atoms with van der Waals surface area (Å²) in [5.74, 6) is -0.113. The summed E-state index contributed by atoms with van der Waals surface area (Å²) < 4.78 is 0. The highest BCUT2D eigenvalue weighted by Gasteiger charge is 2.15. The highest BCUT2D eigenvalue weighted by molar-refractivity contribution is 7.12. The summed E-state index contributed by atoms with van der Waals surface area (Å²) >= 11 is 7.58. The van der Waals surface area contributed by atoms with Crippen molar-refractivity contribution in [1.82, 2.24) is 10.3 Å². The Labute approximate surface area is 120 Å². The monoisotopic (exact) mass is 292 g/mol. The summed E-state index contributed by atoms with van der Waals surface area (Å²) in [7, 11) is 0. The maximum atomic E-state index is 12.0. The standard InChI is InChI=1S/C14H13ClN2OS/c15-13-7-10(4-5-16-13)14(18)17-8-11-6-9-2-1-3-12(9)19-11/h4-7H,1-3,8H2,(H,17,18). The summed E-state index contributed by atoms with van der Waals surface area (Å²) in [6, 6.07) is 5.45. The highest BCUT2D eigenvalue weighted by atomic mass is 35.5. The average molecular weight is 293 g/mol. The van der Waals surface area contributed by atoms with Gasteiger partial charge in [-0.1, -0.05) is 11.6 Å². The Balaban J connectivity index is 1.64. The Kier molecular flexibility index (Phi) is 3.53. The van der Waals surface area contributed by atoms with Gasteiger partial charge in [-0.25, -0.2) is 4.98 Å². The minimum absolute atomic E-state index is 0.113. The maximum Gasteiger partial charge on any atom is 0.251 e. The van der Waals surface area contributed by atoms with Gasteiger partial charge in [0.2, 0.25) is 0 Å². The van der Waals surface area contributed by atoms with Crippen molar-refractivity contribution in [1.29, 1.82) is 0 Å². The van der Waals surface area contributed by atoms with Crippen LogP contribution in [-0.4, -0.2) is 10.9 Å². The summed E-state index contributed by atoms with van der Waals surface area (Å²) in [5.41, 5.74) is 2.00. The van der Waals surface area contributed by atoms with E-state index in [2.05, 4.69) is 16.4 Å². The number of fused-ring (bicyclic) bond motifs is 1. The van der Waals surface area contributed by atoms with Crippen LogP contribution in [0.15, 0.2) is 24.4 Å². The van der Waals surface area contributed by atoms with Crippen molar-refractivity contribution in [3.63, 3.8) is 0 Å². The summed E-state index contributed by atoms with van der Waals surface area (Å²) in [6.07, 6.45) is 5.17. The molecule has 1 amide bonds. The van der Waals surface area contributed by atoms with Crippen LogP contribution in [0.5, 0.6) is 0 Å². The minimum Gasteiger partial charge on any atom is -0.347 e. The zero-order valence-electron chi connectivity index (χ0n) is 10.3. The van der Waals surface area contributed by atoms with Crippen LogP contribution >= 0.6 is 22.9 Å². The molecule has 0 atom stereocenters. The Morgan fingerprint density at radius 2 is 2.32 bits per heavy atom. The molecule has 0 saturated carbocycles. The zero-order chi connectivity index (χ0) is 13.2. The number of carbonyl (C=O) groups excluding carboxylic acids is 1. The van der Waals surface area contributed by atoms with Gasteiger partial charge < -0.3 is 5.32 Å². The Morgan fingerprint density at radius 1 is 1.42 bits per heavy atom. The number of pyridine rings is 1. The molecule has 0 aromatic carbocycles. The zero-order valence-corrected chi connectivity index (χ0v) is 11.9. The molecule has 2 aromatic rings. The van der Waals surface area contributed by atoms with Crippen LogP contribution in [-0.2, 0) is 19.4 Å². The van der Waals surface area contributed by atoms with Crippen LogP contribution in [0.25, 0.3) is 0 Å². The minimum atomic E-state index is -0.113. The SMILES string of the molecule is O=C(NCc1cc2c(s1)CCC2)c1ccnc(Cl)c1. The van der Waals surface area contributed by atoms with E-state index in [1.165, 1.54) is 40.8 Å². The molecule has 1 aliphatic carbocycles. The van der Waals surface area contributed by atoms with E-state index in [0.717, 1.165) is 0 Å². The highest BCUT2D eigenvalue weighted by Crippen LogP contribution is 2.30. The Bertz CT molecular complexity index is 602. The van der Waals surface area contributed by atoms with Crippen LogP contribution in [0.2, 0.25) is 5.15 Å². The van der Waals surface area contributed by atoms with Crippen LogP contribution in [0, 0.1) is 0 Å². The van der Waals surface area contributed by atoms with Gasteiger partial charge in [0.05, 0.1) is 6.54 Å². The first-order valence-electron chi connectivity index (χ1n) is 6.22. The van der Waals surface area contributed by atoms with E-state index in [9.17, 15) is 4.79 Å². The van der Waals surface area contributed by atoms with Gasteiger partial charge >= 0.3 is 0 Å². The van der Waals surface area contributed by atoms with Crippen molar-refractivity contribution in [3.05, 3.63) is 50.4 Å². The van der Waals surface area contributed by atoms with Crippen molar-refractivity contribution < 1.29 is 4.79 Å². The third-order valence-electron chi connectivity index (χ3n) is 3.21. The molecule has 1 aliphatic rings. The lowest BCUT2D eigenvalue weighted by Gasteiger charge is -2.03. The maximum absolute atomic E-state index is 12.0. The van der Waals surface area contributed by atoms with Gasteiger partial charge in [-0.15, -0.1) is 11.3 Å². The lowest BCUT2D eigenvalue weighted by atomic mass is 10.2. The van der Waals surface area contributed by atoms with Crippen LogP contribution in [0.4, 0.5) is 0 Å². The molecule has 0 bridgehead atoms. The molecule has 98 valence electrons. The first kappa shape index (κ1) is 12.6. The molecule has 2 aromatic heterocycles. The molecule has 0 saturated heterocycles. The van der Waals surface area contributed by atoms with Gasteiger partial charge in [-0.05, 0) is 43.0 Å². The second-order valence-corrected chi connectivity index (χ2v) is 6.17. The van der Waals surface area contributed by atoms with Gasteiger partial charge in [0.1, 0.15) is 5.15 Å². The van der Waals surface area contributed by atoms with E-state index in [1.54, 1.807) is 12.1 Å². The van der Waals surface area contributed by atoms with Gasteiger partial charge in [0.15, 0.2) is 0 Å². The number of hydrogen-bond acceptors (Lipinski definition) is 3. The first-order valence-corrected chi connectivity index (χ1v) is 7.42. The topological polar surface area (TPSA) is 42.0 Å². The lowest BCUT2D eigenvalue weighted by Crippen LogP contribution is -2.22. The van der Waals surface area contributed by atoms with Crippen molar-refractivity contribution in [3.8, 4) is 0 Å². The molecule has 5 heteroatoms. The molecule has 0 spiro atoms. The average Bonchev–Trinajstić information content (AvgIpc) is 2.96. The molecule has 0 unspecified atom stereocenters. The smallest absolute Gasteiger partial charge is 0.251 e. The van der Waals surface area contributed by atoms with E-state index in [4.69, 9.17) is 11.6 Å². The van der Waals surface area contributed by atoms with E-state index < -0.39 is 0 Å². The molecule has 0 radical (unpaired) electrons. The van der Waals surface area contributed by atoms with Gasteiger partial charge in [-0.3, -0.25) is 4.79 Å². The first-order chi connectivity index (χ1) is 9.22. The summed E-state index contributed by atoms with van der Waals surface area (Å²) in [6.45, 7) is 0.580. The fourth-order valence-electron chi connectivity index (χ4n) is 2.29. The molecule has 3 nitrogen and oxygen atoms in total. The van der Waals surface area contributed by atoms with E-state index >= 15 is 0 Å². The van der Waals surface area contributed by atoms with E-state index in [-0.39, 0.29) is 5.91 Å². The lowest BCUT2D eigenvalue weighted by molar-refractivity contribution is 0.0951. The molecule has 19 heavy (non-hydrogen) atoms. The molecule has 2 heterocycles. The number of amides is 1. The third kappa shape index (κ3) is 2.80. The van der Waals surface area contributed by atoms with Crippen LogP contribution in [0.1, 0.15) is 32.1 Å². The van der Waals surface area contributed by atoms with Crippen molar-refractivity contribution in [2.24, 2.45) is 0 Å². The van der Waals surface area contributed by atoms with Crippen molar-refractivity contribution >= 4 is 28.8 Å². The predicted molar refractivity (Wildman–Crippen MR) is 76.8 cm³/mol. The molecule has 0 fully saturated rings. The van der Waals surface area contributed by atoms with Crippen LogP contribution < -0.4 is 5.32 Å². The number of hydrogen-bond donors (Lipinski definition) is 1. The predicted octanol–water partition coefficient (Wildman–Crippen LogP) is 3.22.